The highest BCUT2D eigenvalue weighted by Crippen LogP contribution is 2.13. The minimum atomic E-state index is 0.136. The molecule has 0 aliphatic carbocycles. The molecule has 0 saturated carbocycles. The fourth-order valence-corrected chi connectivity index (χ4v) is 1.98. The number of aryl methyl sites for hydroxylation is 2. The van der Waals surface area contributed by atoms with E-state index >= 15 is 0 Å². The number of nitrogens with one attached hydrogen (secondary N) is 1. The zero-order chi connectivity index (χ0) is 12.3. The molecule has 0 aliphatic rings. The normalized spacial score (nSPS) is 10.8. The molecule has 2 rings (SSSR count). The smallest absolute Gasteiger partial charge is 0.108 e. The maximum atomic E-state index is 8.89. The van der Waals surface area contributed by atoms with Gasteiger partial charge < -0.3 is 10.1 Å². The molecule has 3 nitrogen and oxygen atoms in total. The molecular formula is C14H18N2O. The Morgan fingerprint density at radius 3 is 2.82 bits per heavy atom. The molecule has 0 radical (unpaired) electrons. The van der Waals surface area contributed by atoms with Crippen molar-refractivity contribution in [1.29, 1.82) is 0 Å². The first kappa shape index (κ1) is 11.9. The van der Waals surface area contributed by atoms with Crippen molar-refractivity contribution in [2.75, 3.05) is 6.61 Å². The lowest BCUT2D eigenvalue weighted by Crippen LogP contribution is -1.94. The third kappa shape index (κ3) is 2.94. The van der Waals surface area contributed by atoms with Gasteiger partial charge in [-0.25, -0.2) is 4.98 Å². The first-order valence-electron chi connectivity index (χ1n) is 5.90. The number of nitrogens with zero attached hydrogens (tertiary/aromatic N) is 1. The first-order valence-corrected chi connectivity index (χ1v) is 5.90. The van der Waals surface area contributed by atoms with Gasteiger partial charge in [-0.3, -0.25) is 0 Å². The summed E-state index contributed by atoms with van der Waals surface area (Å²) < 4.78 is 0. The maximum Gasteiger partial charge on any atom is 0.108 e. The van der Waals surface area contributed by atoms with Crippen molar-refractivity contribution in [3.05, 3.63) is 52.6 Å². The summed E-state index contributed by atoms with van der Waals surface area (Å²) >= 11 is 0. The van der Waals surface area contributed by atoms with Crippen molar-refractivity contribution in [2.45, 2.75) is 26.7 Å². The second-order valence-electron chi connectivity index (χ2n) is 4.39. The van der Waals surface area contributed by atoms with Gasteiger partial charge in [-0.2, -0.15) is 0 Å². The zero-order valence-corrected chi connectivity index (χ0v) is 10.3. The van der Waals surface area contributed by atoms with Crippen LogP contribution >= 0.6 is 0 Å². The summed E-state index contributed by atoms with van der Waals surface area (Å²) in [4.78, 5) is 7.72. The van der Waals surface area contributed by atoms with Crippen LogP contribution in [0.25, 0.3) is 0 Å². The number of H-pyrrole nitrogens is 1. The number of hydrogen-bond donors (Lipinski definition) is 2. The van der Waals surface area contributed by atoms with Crippen LogP contribution in [-0.4, -0.2) is 21.7 Å². The molecule has 0 spiro atoms. The predicted octanol–water partition coefficient (Wildman–Crippen LogP) is 2.15. The molecule has 90 valence electrons. The summed E-state index contributed by atoms with van der Waals surface area (Å²) in [5.41, 5.74) is 4.70. The van der Waals surface area contributed by atoms with Crippen LogP contribution in [0.4, 0.5) is 0 Å². The standard InChI is InChI=1S/C14H18N2O/c1-10-4-3-5-12(8-10)9-13-11(2)15-14(16-13)6-7-17/h3-5,8,17H,6-7,9H2,1-2H3,(H,15,16). The highest BCUT2D eigenvalue weighted by molar-refractivity contribution is 5.28. The van der Waals surface area contributed by atoms with E-state index in [0.29, 0.717) is 6.42 Å². The lowest BCUT2D eigenvalue weighted by Gasteiger charge is -2.00. The monoisotopic (exact) mass is 230 g/mol. The third-order valence-corrected chi connectivity index (χ3v) is 2.84. The van der Waals surface area contributed by atoms with Crippen LogP contribution in [0.5, 0.6) is 0 Å². The molecular weight excluding hydrogens is 212 g/mol. The molecule has 0 bridgehead atoms. The molecule has 0 saturated heterocycles. The lowest BCUT2D eigenvalue weighted by molar-refractivity contribution is 0.297. The summed E-state index contributed by atoms with van der Waals surface area (Å²) in [7, 11) is 0. The van der Waals surface area contributed by atoms with Crippen molar-refractivity contribution < 1.29 is 5.11 Å². The number of hydrogen-bond acceptors (Lipinski definition) is 2. The van der Waals surface area contributed by atoms with Crippen LogP contribution in [0.2, 0.25) is 0 Å². The largest absolute Gasteiger partial charge is 0.396 e. The number of aliphatic hydroxyl groups is 1. The summed E-state index contributed by atoms with van der Waals surface area (Å²) in [5, 5.41) is 8.89. The molecule has 1 heterocycles. The van der Waals surface area contributed by atoms with E-state index in [1.54, 1.807) is 0 Å². The third-order valence-electron chi connectivity index (χ3n) is 2.84. The van der Waals surface area contributed by atoms with E-state index in [4.69, 9.17) is 5.11 Å². The Kier molecular flexibility index (Phi) is 3.59. The molecule has 17 heavy (non-hydrogen) atoms. The van der Waals surface area contributed by atoms with E-state index in [1.165, 1.54) is 11.1 Å². The van der Waals surface area contributed by atoms with Crippen molar-refractivity contribution >= 4 is 0 Å². The Morgan fingerprint density at radius 2 is 2.12 bits per heavy atom. The minimum absolute atomic E-state index is 0.136. The van der Waals surface area contributed by atoms with E-state index in [2.05, 4.69) is 41.2 Å². The van der Waals surface area contributed by atoms with Crippen LogP contribution in [-0.2, 0) is 12.8 Å². The first-order chi connectivity index (χ1) is 8.19. The van der Waals surface area contributed by atoms with Gasteiger partial charge in [-0.1, -0.05) is 29.8 Å². The van der Waals surface area contributed by atoms with E-state index in [-0.39, 0.29) is 6.61 Å². The Labute approximate surface area is 102 Å². The molecule has 1 aromatic heterocycles. The van der Waals surface area contributed by atoms with Gasteiger partial charge in [0.1, 0.15) is 5.82 Å². The molecule has 3 heteroatoms. The molecule has 1 aromatic carbocycles. The quantitative estimate of drug-likeness (QED) is 0.845. The van der Waals surface area contributed by atoms with Gasteiger partial charge >= 0.3 is 0 Å². The summed E-state index contributed by atoms with van der Waals surface area (Å²) in [5.74, 6) is 0.868. The number of rotatable bonds is 4. The zero-order valence-electron chi connectivity index (χ0n) is 10.3. The number of benzene rings is 1. The highest BCUT2D eigenvalue weighted by atomic mass is 16.3. The topological polar surface area (TPSA) is 48.9 Å². The van der Waals surface area contributed by atoms with Crippen LogP contribution in [0, 0.1) is 13.8 Å². The number of aliphatic hydroxyl groups excluding tert-OH is 1. The second kappa shape index (κ2) is 5.15. The Balaban J connectivity index is 2.18. The van der Waals surface area contributed by atoms with E-state index < -0.39 is 0 Å². The second-order valence-corrected chi connectivity index (χ2v) is 4.39. The van der Waals surface area contributed by atoms with E-state index in [0.717, 1.165) is 23.6 Å². The molecule has 2 aromatic rings. The van der Waals surface area contributed by atoms with Gasteiger partial charge in [0.2, 0.25) is 0 Å². The minimum Gasteiger partial charge on any atom is -0.396 e. The Hall–Kier alpha value is -1.61. The fraction of sp³-hybridized carbons (Fsp3) is 0.357. The van der Waals surface area contributed by atoms with Crippen LogP contribution < -0.4 is 0 Å². The summed E-state index contributed by atoms with van der Waals surface area (Å²) in [6.07, 6.45) is 1.43. The van der Waals surface area contributed by atoms with Gasteiger partial charge in [-0.05, 0) is 19.4 Å². The van der Waals surface area contributed by atoms with Gasteiger partial charge in [-0.15, -0.1) is 0 Å². The Bertz CT molecular complexity index is 503. The predicted molar refractivity (Wildman–Crippen MR) is 68.1 cm³/mol. The number of aromatic amines is 1. The lowest BCUT2D eigenvalue weighted by atomic mass is 10.1. The van der Waals surface area contributed by atoms with Crippen LogP contribution in [0.1, 0.15) is 28.3 Å². The number of aromatic nitrogens is 2. The SMILES string of the molecule is Cc1cccc(Cc2nc(CCO)[nH]c2C)c1. The van der Waals surface area contributed by atoms with E-state index in [1.807, 2.05) is 6.92 Å². The summed E-state index contributed by atoms with van der Waals surface area (Å²) in [6, 6.07) is 8.46. The average Bonchev–Trinajstić information content (AvgIpc) is 2.60. The van der Waals surface area contributed by atoms with Crippen LogP contribution in [0.15, 0.2) is 24.3 Å². The van der Waals surface area contributed by atoms with Gasteiger partial charge in [0.05, 0.1) is 12.3 Å². The molecule has 0 amide bonds. The van der Waals surface area contributed by atoms with Crippen molar-refractivity contribution in [2.24, 2.45) is 0 Å². The molecule has 2 N–H and O–H groups in total. The van der Waals surface area contributed by atoms with Gasteiger partial charge in [0.25, 0.3) is 0 Å². The highest BCUT2D eigenvalue weighted by Gasteiger charge is 2.07. The van der Waals surface area contributed by atoms with Gasteiger partial charge in [0.15, 0.2) is 0 Å². The van der Waals surface area contributed by atoms with Gasteiger partial charge in [0, 0.05) is 18.5 Å². The van der Waals surface area contributed by atoms with E-state index in [9.17, 15) is 0 Å². The number of imidazole rings is 1. The summed E-state index contributed by atoms with van der Waals surface area (Å²) in [6.45, 7) is 4.26. The van der Waals surface area contributed by atoms with Crippen molar-refractivity contribution in [3.63, 3.8) is 0 Å². The molecule has 0 unspecified atom stereocenters. The van der Waals surface area contributed by atoms with Crippen molar-refractivity contribution in [3.8, 4) is 0 Å². The van der Waals surface area contributed by atoms with Crippen molar-refractivity contribution in [1.82, 2.24) is 9.97 Å². The molecule has 0 atom stereocenters. The van der Waals surface area contributed by atoms with Crippen LogP contribution in [0.3, 0.4) is 0 Å². The molecule has 0 fully saturated rings. The fourth-order valence-electron chi connectivity index (χ4n) is 1.98. The Morgan fingerprint density at radius 1 is 1.29 bits per heavy atom. The maximum absolute atomic E-state index is 8.89. The molecule has 0 aliphatic heterocycles. The average molecular weight is 230 g/mol.